The number of hydrogen-bond donors (Lipinski definition) is 2. The minimum atomic E-state index is -0.416. The van der Waals surface area contributed by atoms with Gasteiger partial charge in [-0.05, 0) is 49.2 Å². The summed E-state index contributed by atoms with van der Waals surface area (Å²) in [6.07, 6.45) is 3.37. The van der Waals surface area contributed by atoms with Crippen LogP contribution in [-0.4, -0.2) is 31.1 Å². The van der Waals surface area contributed by atoms with E-state index in [0.29, 0.717) is 35.3 Å². The van der Waals surface area contributed by atoms with Crippen molar-refractivity contribution in [1.29, 1.82) is 0 Å². The van der Waals surface area contributed by atoms with Crippen LogP contribution in [-0.2, 0) is 9.53 Å². The first-order valence-electron chi connectivity index (χ1n) is 10.4. The highest BCUT2D eigenvalue weighted by molar-refractivity contribution is 6.33. The zero-order valence-corrected chi connectivity index (χ0v) is 18.1. The largest absolute Gasteiger partial charge is 0.457 e. The molecule has 2 heterocycles. The van der Waals surface area contributed by atoms with E-state index in [2.05, 4.69) is 10.6 Å². The standard InChI is InChI=1S/C25H23ClN2O4/c26-21-11-5-4-10-20(21)23-13-12-18(32-23)15-22(25(30)27-16-19-9-6-14-31-19)28-24(29)17-7-2-1-3-8-17/h1-5,7-8,10-13,15,19H,6,9,14,16H2,(H,27,30)(H,28,29). The van der Waals surface area contributed by atoms with E-state index in [0.717, 1.165) is 18.4 Å². The third kappa shape index (κ3) is 5.46. The second-order valence-electron chi connectivity index (χ2n) is 7.41. The topological polar surface area (TPSA) is 80.6 Å². The van der Waals surface area contributed by atoms with E-state index < -0.39 is 5.91 Å². The van der Waals surface area contributed by atoms with Gasteiger partial charge in [0.15, 0.2) is 0 Å². The number of ether oxygens (including phenoxy) is 1. The zero-order chi connectivity index (χ0) is 22.3. The maximum Gasteiger partial charge on any atom is 0.268 e. The lowest BCUT2D eigenvalue weighted by Crippen LogP contribution is -2.38. The number of benzene rings is 2. The molecule has 3 aromatic rings. The number of nitrogens with one attached hydrogen (secondary N) is 2. The van der Waals surface area contributed by atoms with E-state index in [1.54, 1.807) is 42.5 Å². The molecule has 2 N–H and O–H groups in total. The second-order valence-corrected chi connectivity index (χ2v) is 7.81. The molecular weight excluding hydrogens is 428 g/mol. The Morgan fingerprint density at radius 3 is 2.56 bits per heavy atom. The predicted octanol–water partition coefficient (Wildman–Crippen LogP) is 4.67. The number of carbonyl (C=O) groups excluding carboxylic acids is 2. The fourth-order valence-electron chi connectivity index (χ4n) is 3.43. The van der Waals surface area contributed by atoms with Crippen molar-refractivity contribution in [2.75, 3.05) is 13.2 Å². The Balaban J connectivity index is 1.56. The van der Waals surface area contributed by atoms with Gasteiger partial charge in [-0.25, -0.2) is 0 Å². The first kappa shape index (κ1) is 21.9. The van der Waals surface area contributed by atoms with E-state index in [1.807, 2.05) is 24.3 Å². The minimum absolute atomic E-state index is 0.0135. The van der Waals surface area contributed by atoms with Crippen molar-refractivity contribution in [3.05, 3.63) is 88.8 Å². The van der Waals surface area contributed by atoms with Crippen LogP contribution in [0.2, 0.25) is 5.02 Å². The van der Waals surface area contributed by atoms with Crippen molar-refractivity contribution in [3.63, 3.8) is 0 Å². The minimum Gasteiger partial charge on any atom is -0.457 e. The van der Waals surface area contributed by atoms with Gasteiger partial charge in [0, 0.05) is 30.4 Å². The quantitative estimate of drug-likeness (QED) is 0.513. The molecule has 1 saturated heterocycles. The second kappa shape index (κ2) is 10.3. The highest BCUT2D eigenvalue weighted by Gasteiger charge is 2.20. The summed E-state index contributed by atoms with van der Waals surface area (Å²) in [5.74, 6) is 0.174. The van der Waals surface area contributed by atoms with Crippen LogP contribution in [0, 0.1) is 0 Å². The van der Waals surface area contributed by atoms with Crippen LogP contribution in [0.3, 0.4) is 0 Å². The average molecular weight is 451 g/mol. The summed E-state index contributed by atoms with van der Waals surface area (Å²) in [7, 11) is 0. The number of hydrogen-bond acceptors (Lipinski definition) is 4. The summed E-state index contributed by atoms with van der Waals surface area (Å²) < 4.78 is 11.4. The van der Waals surface area contributed by atoms with Crippen LogP contribution in [0.1, 0.15) is 29.0 Å². The lowest BCUT2D eigenvalue weighted by atomic mass is 10.2. The average Bonchev–Trinajstić information content (AvgIpc) is 3.50. The van der Waals surface area contributed by atoms with Crippen molar-refractivity contribution in [3.8, 4) is 11.3 Å². The maximum absolute atomic E-state index is 12.9. The van der Waals surface area contributed by atoms with Crippen LogP contribution in [0.4, 0.5) is 0 Å². The Morgan fingerprint density at radius 2 is 1.81 bits per heavy atom. The lowest BCUT2D eigenvalue weighted by Gasteiger charge is -2.13. The number of furan rings is 1. The molecule has 0 saturated carbocycles. The molecule has 32 heavy (non-hydrogen) atoms. The fourth-order valence-corrected chi connectivity index (χ4v) is 3.66. The summed E-state index contributed by atoms with van der Waals surface area (Å²) in [5.41, 5.74) is 1.27. The molecule has 7 heteroatoms. The van der Waals surface area contributed by atoms with E-state index >= 15 is 0 Å². The van der Waals surface area contributed by atoms with Crippen molar-refractivity contribution >= 4 is 29.5 Å². The van der Waals surface area contributed by atoms with Crippen LogP contribution in [0.25, 0.3) is 17.4 Å². The van der Waals surface area contributed by atoms with Crippen molar-refractivity contribution in [1.82, 2.24) is 10.6 Å². The molecule has 1 aliphatic rings. The van der Waals surface area contributed by atoms with Crippen molar-refractivity contribution in [2.45, 2.75) is 18.9 Å². The van der Waals surface area contributed by atoms with Gasteiger partial charge in [-0.3, -0.25) is 9.59 Å². The van der Waals surface area contributed by atoms with Gasteiger partial charge in [0.1, 0.15) is 17.2 Å². The van der Waals surface area contributed by atoms with Gasteiger partial charge in [0.25, 0.3) is 11.8 Å². The lowest BCUT2D eigenvalue weighted by molar-refractivity contribution is -0.118. The molecule has 0 aliphatic carbocycles. The van der Waals surface area contributed by atoms with Gasteiger partial charge in [0.05, 0.1) is 11.1 Å². The fraction of sp³-hybridized carbons (Fsp3) is 0.200. The predicted molar refractivity (Wildman–Crippen MR) is 123 cm³/mol. The monoisotopic (exact) mass is 450 g/mol. The molecule has 0 radical (unpaired) electrons. The smallest absolute Gasteiger partial charge is 0.268 e. The number of halogens is 1. The van der Waals surface area contributed by atoms with Gasteiger partial charge in [-0.1, -0.05) is 41.9 Å². The molecule has 164 valence electrons. The van der Waals surface area contributed by atoms with Crippen LogP contribution in [0.15, 0.2) is 76.8 Å². The van der Waals surface area contributed by atoms with Gasteiger partial charge < -0.3 is 19.8 Å². The summed E-state index contributed by atoms with van der Waals surface area (Å²) in [6, 6.07) is 19.5. The first-order chi connectivity index (χ1) is 15.6. The Bertz CT molecular complexity index is 1120. The van der Waals surface area contributed by atoms with Crippen LogP contribution < -0.4 is 10.6 Å². The highest BCUT2D eigenvalue weighted by Crippen LogP contribution is 2.29. The van der Waals surface area contributed by atoms with Crippen molar-refractivity contribution in [2.24, 2.45) is 0 Å². The molecule has 1 atom stereocenters. The number of carbonyl (C=O) groups is 2. The van der Waals surface area contributed by atoms with Crippen LogP contribution in [0.5, 0.6) is 0 Å². The molecular formula is C25H23ClN2O4. The third-order valence-electron chi connectivity index (χ3n) is 5.10. The Labute approximate surface area is 191 Å². The normalized spacial score (nSPS) is 16.0. The molecule has 2 aromatic carbocycles. The maximum atomic E-state index is 12.9. The van der Waals surface area contributed by atoms with E-state index in [4.69, 9.17) is 20.8 Å². The number of amides is 2. The summed E-state index contributed by atoms with van der Waals surface area (Å²) in [4.78, 5) is 25.6. The molecule has 4 rings (SSSR count). The Morgan fingerprint density at radius 1 is 1.03 bits per heavy atom. The van der Waals surface area contributed by atoms with Crippen molar-refractivity contribution < 1.29 is 18.7 Å². The summed E-state index contributed by atoms with van der Waals surface area (Å²) >= 11 is 6.26. The molecule has 1 unspecified atom stereocenters. The zero-order valence-electron chi connectivity index (χ0n) is 17.3. The first-order valence-corrected chi connectivity index (χ1v) is 10.8. The van der Waals surface area contributed by atoms with Gasteiger partial charge in [-0.15, -0.1) is 0 Å². The SMILES string of the molecule is O=C(NCC1CCCO1)C(=Cc1ccc(-c2ccccc2Cl)o1)NC(=O)c1ccccc1. The molecule has 6 nitrogen and oxygen atoms in total. The third-order valence-corrected chi connectivity index (χ3v) is 5.43. The van der Waals surface area contributed by atoms with Gasteiger partial charge >= 0.3 is 0 Å². The van der Waals surface area contributed by atoms with E-state index in [-0.39, 0.29) is 17.7 Å². The molecule has 0 spiro atoms. The molecule has 2 amide bonds. The summed E-state index contributed by atoms with van der Waals surface area (Å²) in [6.45, 7) is 1.08. The van der Waals surface area contributed by atoms with E-state index in [1.165, 1.54) is 6.08 Å². The number of rotatable bonds is 7. The Kier molecular flexibility index (Phi) is 7.04. The van der Waals surface area contributed by atoms with E-state index in [9.17, 15) is 9.59 Å². The molecule has 1 fully saturated rings. The highest BCUT2D eigenvalue weighted by atomic mass is 35.5. The molecule has 1 aromatic heterocycles. The summed E-state index contributed by atoms with van der Waals surface area (Å²) in [5, 5.41) is 6.10. The molecule has 0 bridgehead atoms. The molecule has 1 aliphatic heterocycles. The van der Waals surface area contributed by atoms with Crippen LogP contribution >= 0.6 is 11.6 Å². The van der Waals surface area contributed by atoms with Gasteiger partial charge in [-0.2, -0.15) is 0 Å². The Hall–Kier alpha value is -3.35. The van der Waals surface area contributed by atoms with Gasteiger partial charge in [0.2, 0.25) is 0 Å².